The van der Waals surface area contributed by atoms with E-state index in [4.69, 9.17) is 19.3 Å². The Morgan fingerprint density at radius 3 is 2.43 bits per heavy atom. The molecule has 0 radical (unpaired) electrons. The fourth-order valence-corrected chi connectivity index (χ4v) is 3.13. The van der Waals surface area contributed by atoms with Gasteiger partial charge in [0, 0.05) is 30.8 Å². The second-order valence-corrected chi connectivity index (χ2v) is 5.63. The van der Waals surface area contributed by atoms with Crippen molar-refractivity contribution in [1.29, 1.82) is 0 Å². The minimum atomic E-state index is 0.613. The van der Waals surface area contributed by atoms with E-state index in [1.54, 1.807) is 21.3 Å². The van der Waals surface area contributed by atoms with Gasteiger partial charge in [-0.25, -0.2) is 0 Å². The number of hydrogen-bond donors (Lipinski definition) is 1. The lowest BCUT2D eigenvalue weighted by Gasteiger charge is -2.17. The first kappa shape index (κ1) is 15.7. The molecule has 0 unspecified atom stereocenters. The molecule has 23 heavy (non-hydrogen) atoms. The Balaban J connectivity index is 1.97. The largest absolute Gasteiger partial charge is 0.493 e. The predicted octanol–water partition coefficient (Wildman–Crippen LogP) is 1.91. The highest BCUT2D eigenvalue weighted by Crippen LogP contribution is 2.38. The summed E-state index contributed by atoms with van der Waals surface area (Å²) in [7, 11) is 4.87. The van der Waals surface area contributed by atoms with Gasteiger partial charge in [0.05, 0.1) is 33.6 Å². The molecular weight excluding hydrogens is 294 g/mol. The van der Waals surface area contributed by atoms with Crippen LogP contribution in [0.5, 0.6) is 17.2 Å². The summed E-state index contributed by atoms with van der Waals surface area (Å²) in [4.78, 5) is 0. The van der Waals surface area contributed by atoms with Crippen LogP contribution in [0, 0.1) is 6.92 Å². The van der Waals surface area contributed by atoms with Gasteiger partial charge < -0.3 is 19.5 Å². The van der Waals surface area contributed by atoms with Gasteiger partial charge in [-0.05, 0) is 24.6 Å². The lowest BCUT2D eigenvalue weighted by molar-refractivity contribution is 0.323. The molecule has 0 amide bonds. The molecule has 0 saturated heterocycles. The number of methoxy groups -OCH3 is 3. The van der Waals surface area contributed by atoms with Crippen LogP contribution < -0.4 is 19.5 Å². The van der Waals surface area contributed by atoms with Crippen LogP contribution in [-0.2, 0) is 19.5 Å². The summed E-state index contributed by atoms with van der Waals surface area (Å²) in [6.45, 7) is 4.65. The van der Waals surface area contributed by atoms with Gasteiger partial charge in [-0.15, -0.1) is 0 Å². The number of benzene rings is 1. The van der Waals surface area contributed by atoms with E-state index >= 15 is 0 Å². The Kier molecular flexibility index (Phi) is 4.43. The van der Waals surface area contributed by atoms with Gasteiger partial charge in [0.15, 0.2) is 11.5 Å². The van der Waals surface area contributed by atoms with Crippen molar-refractivity contribution < 1.29 is 14.2 Å². The van der Waals surface area contributed by atoms with E-state index in [-0.39, 0.29) is 0 Å². The van der Waals surface area contributed by atoms with E-state index in [0.29, 0.717) is 23.8 Å². The summed E-state index contributed by atoms with van der Waals surface area (Å²) in [6.07, 6.45) is 1.00. The van der Waals surface area contributed by atoms with Crippen LogP contribution in [0.25, 0.3) is 0 Å². The number of nitrogens with one attached hydrogen (secondary N) is 1. The van der Waals surface area contributed by atoms with Gasteiger partial charge in [0.2, 0.25) is 5.75 Å². The van der Waals surface area contributed by atoms with E-state index in [2.05, 4.69) is 16.9 Å². The minimum absolute atomic E-state index is 0.613. The number of aryl methyl sites for hydroxylation is 1. The van der Waals surface area contributed by atoms with Crippen LogP contribution in [0.3, 0.4) is 0 Å². The quantitative estimate of drug-likeness (QED) is 0.913. The molecule has 0 atom stereocenters. The van der Waals surface area contributed by atoms with Crippen LogP contribution in [0.2, 0.25) is 0 Å². The monoisotopic (exact) mass is 317 g/mol. The van der Waals surface area contributed by atoms with E-state index in [1.165, 1.54) is 11.3 Å². The maximum atomic E-state index is 5.43. The highest BCUT2D eigenvalue weighted by Gasteiger charge is 2.19. The van der Waals surface area contributed by atoms with Gasteiger partial charge in [-0.2, -0.15) is 5.10 Å². The summed E-state index contributed by atoms with van der Waals surface area (Å²) in [5, 5.41) is 8.11. The zero-order chi connectivity index (χ0) is 16.4. The molecule has 1 aliphatic rings. The summed E-state index contributed by atoms with van der Waals surface area (Å²) in [5.74, 6) is 1.95. The van der Waals surface area contributed by atoms with E-state index < -0.39 is 0 Å². The molecule has 3 rings (SSSR count). The van der Waals surface area contributed by atoms with Gasteiger partial charge >= 0.3 is 0 Å². The second kappa shape index (κ2) is 6.50. The molecule has 2 heterocycles. The molecule has 6 nitrogen and oxygen atoms in total. The number of nitrogens with zero attached hydrogens (tertiary/aromatic N) is 2. The zero-order valence-electron chi connectivity index (χ0n) is 14.1. The van der Waals surface area contributed by atoms with E-state index in [9.17, 15) is 0 Å². The first-order chi connectivity index (χ1) is 11.2. The molecule has 1 aromatic heterocycles. The fraction of sp³-hybridized carbons (Fsp3) is 0.471. The van der Waals surface area contributed by atoms with E-state index in [1.807, 2.05) is 12.1 Å². The van der Waals surface area contributed by atoms with Crippen molar-refractivity contribution in [3.05, 3.63) is 34.6 Å². The summed E-state index contributed by atoms with van der Waals surface area (Å²) < 4.78 is 18.3. The Labute approximate surface area is 136 Å². The molecule has 124 valence electrons. The standard InChI is InChI=1S/C17H23N3O3/c1-11-13-9-18-6-5-14(13)20(19-11)10-12-7-15(21-2)17(23-4)16(8-12)22-3/h7-8,18H,5-6,9-10H2,1-4H3. The average Bonchev–Trinajstić information content (AvgIpc) is 2.90. The van der Waals surface area contributed by atoms with Crippen molar-refractivity contribution in [2.45, 2.75) is 26.4 Å². The molecular formula is C17H23N3O3. The molecule has 0 saturated carbocycles. The van der Waals surface area contributed by atoms with Crippen molar-refractivity contribution in [2.24, 2.45) is 0 Å². The molecule has 0 aliphatic carbocycles. The molecule has 0 bridgehead atoms. The van der Waals surface area contributed by atoms with Crippen LogP contribution in [0.1, 0.15) is 22.5 Å². The van der Waals surface area contributed by atoms with Gasteiger partial charge in [0.25, 0.3) is 0 Å². The minimum Gasteiger partial charge on any atom is -0.493 e. The first-order valence-electron chi connectivity index (χ1n) is 7.72. The highest BCUT2D eigenvalue weighted by atomic mass is 16.5. The van der Waals surface area contributed by atoms with Crippen molar-refractivity contribution >= 4 is 0 Å². The van der Waals surface area contributed by atoms with Crippen LogP contribution in [-0.4, -0.2) is 37.7 Å². The first-order valence-corrected chi connectivity index (χ1v) is 7.72. The molecule has 2 aromatic rings. The SMILES string of the molecule is COc1cc(Cn2nc(C)c3c2CCNC3)cc(OC)c1OC. The Morgan fingerprint density at radius 1 is 1.13 bits per heavy atom. The summed E-state index contributed by atoms with van der Waals surface area (Å²) >= 11 is 0. The number of aromatic nitrogens is 2. The van der Waals surface area contributed by atoms with Gasteiger partial charge in [-0.1, -0.05) is 0 Å². The van der Waals surface area contributed by atoms with Crippen LogP contribution in [0.15, 0.2) is 12.1 Å². The highest BCUT2D eigenvalue weighted by molar-refractivity contribution is 5.54. The molecule has 1 N–H and O–H groups in total. The molecule has 0 spiro atoms. The van der Waals surface area contributed by atoms with E-state index in [0.717, 1.165) is 30.8 Å². The smallest absolute Gasteiger partial charge is 0.203 e. The Bertz CT molecular complexity index is 684. The second-order valence-electron chi connectivity index (χ2n) is 5.63. The number of rotatable bonds is 5. The topological polar surface area (TPSA) is 57.5 Å². The lowest BCUT2D eigenvalue weighted by atomic mass is 10.1. The lowest BCUT2D eigenvalue weighted by Crippen LogP contribution is -2.25. The normalized spacial score (nSPS) is 13.6. The van der Waals surface area contributed by atoms with Gasteiger partial charge in [0.1, 0.15) is 0 Å². The fourth-order valence-electron chi connectivity index (χ4n) is 3.13. The molecule has 1 aromatic carbocycles. The maximum absolute atomic E-state index is 5.43. The number of fused-ring (bicyclic) bond motifs is 1. The van der Waals surface area contributed by atoms with Crippen LogP contribution >= 0.6 is 0 Å². The third kappa shape index (κ3) is 2.86. The van der Waals surface area contributed by atoms with Crippen molar-refractivity contribution in [3.8, 4) is 17.2 Å². The number of hydrogen-bond acceptors (Lipinski definition) is 5. The van der Waals surface area contributed by atoms with Crippen molar-refractivity contribution in [2.75, 3.05) is 27.9 Å². The Morgan fingerprint density at radius 2 is 1.83 bits per heavy atom. The Hall–Kier alpha value is -2.21. The van der Waals surface area contributed by atoms with Gasteiger partial charge in [-0.3, -0.25) is 4.68 Å². The third-order valence-electron chi connectivity index (χ3n) is 4.26. The van der Waals surface area contributed by atoms with Crippen LogP contribution in [0.4, 0.5) is 0 Å². The molecule has 6 heteroatoms. The average molecular weight is 317 g/mol. The maximum Gasteiger partial charge on any atom is 0.203 e. The number of ether oxygens (including phenoxy) is 3. The van der Waals surface area contributed by atoms with Crippen molar-refractivity contribution in [1.82, 2.24) is 15.1 Å². The summed E-state index contributed by atoms with van der Waals surface area (Å²) in [5.41, 5.74) is 4.81. The zero-order valence-corrected chi connectivity index (χ0v) is 14.1. The molecule has 1 aliphatic heterocycles. The predicted molar refractivity (Wildman–Crippen MR) is 87.6 cm³/mol. The van der Waals surface area contributed by atoms with Crippen molar-refractivity contribution in [3.63, 3.8) is 0 Å². The summed E-state index contributed by atoms with van der Waals surface area (Å²) in [6, 6.07) is 3.96. The third-order valence-corrected chi connectivity index (χ3v) is 4.26. The molecule has 0 fully saturated rings.